The molecule has 2 rings (SSSR count). The molecular weight excluding hydrogens is 292 g/mol. The Bertz CT molecular complexity index is 619. The second kappa shape index (κ2) is 8.32. The van der Waals surface area contributed by atoms with Crippen molar-refractivity contribution in [2.75, 3.05) is 13.2 Å². The largest absolute Gasteiger partial charge is 0.491 e. The monoisotopic (exact) mass is 314 g/mol. The minimum absolute atomic E-state index is 0.166. The number of aromatic nitrogens is 2. The van der Waals surface area contributed by atoms with Crippen molar-refractivity contribution in [2.24, 2.45) is 0 Å². The van der Waals surface area contributed by atoms with Gasteiger partial charge in [-0.3, -0.25) is 4.68 Å². The number of nitrogens with one attached hydrogen (secondary N) is 1. The smallest absolute Gasteiger partial charge is 0.119 e. The van der Waals surface area contributed by atoms with Gasteiger partial charge in [-0.25, -0.2) is 0 Å². The molecule has 0 fully saturated rings. The average molecular weight is 314 g/mol. The zero-order valence-corrected chi connectivity index (χ0v) is 13.4. The first-order chi connectivity index (χ1) is 11.1. The number of hydrogen-bond donors (Lipinski definition) is 2. The summed E-state index contributed by atoms with van der Waals surface area (Å²) in [5, 5.41) is 26.3. The lowest BCUT2D eigenvalue weighted by atomic mass is 10.1. The summed E-state index contributed by atoms with van der Waals surface area (Å²) >= 11 is 0. The van der Waals surface area contributed by atoms with Crippen molar-refractivity contribution >= 4 is 0 Å². The van der Waals surface area contributed by atoms with Crippen LogP contribution >= 0.6 is 0 Å². The molecule has 1 aromatic heterocycles. The van der Waals surface area contributed by atoms with Gasteiger partial charge in [0.25, 0.3) is 0 Å². The lowest BCUT2D eigenvalue weighted by Gasteiger charge is -2.23. The fraction of sp³-hybridized carbons (Fsp3) is 0.412. The SMILES string of the molecule is C[C@H](NC[C@H](O)COc1ccc(C#N)cc1)[C@@H](C)n1cccn1. The Kier molecular flexibility index (Phi) is 6.15. The van der Waals surface area contributed by atoms with E-state index in [1.54, 1.807) is 30.5 Å². The van der Waals surface area contributed by atoms with Gasteiger partial charge < -0.3 is 15.2 Å². The van der Waals surface area contributed by atoms with E-state index in [1.807, 2.05) is 16.9 Å². The van der Waals surface area contributed by atoms with Gasteiger partial charge in [-0.1, -0.05) is 0 Å². The average Bonchev–Trinajstić information content (AvgIpc) is 3.12. The summed E-state index contributed by atoms with van der Waals surface area (Å²) in [6.07, 6.45) is 3.06. The summed E-state index contributed by atoms with van der Waals surface area (Å²) < 4.78 is 7.40. The van der Waals surface area contributed by atoms with E-state index < -0.39 is 6.10 Å². The van der Waals surface area contributed by atoms with Crippen molar-refractivity contribution in [3.8, 4) is 11.8 Å². The number of ether oxygens (including phenoxy) is 1. The van der Waals surface area contributed by atoms with Crippen LogP contribution in [0.25, 0.3) is 0 Å². The van der Waals surface area contributed by atoms with Gasteiger partial charge in [-0.15, -0.1) is 0 Å². The van der Waals surface area contributed by atoms with Gasteiger partial charge in [0.1, 0.15) is 18.5 Å². The molecule has 2 N–H and O–H groups in total. The first kappa shape index (κ1) is 17.0. The maximum absolute atomic E-state index is 10.0. The Balaban J connectivity index is 1.72. The molecule has 0 spiro atoms. The number of aliphatic hydroxyl groups is 1. The van der Waals surface area contributed by atoms with Crippen molar-refractivity contribution < 1.29 is 9.84 Å². The molecule has 0 aliphatic heterocycles. The van der Waals surface area contributed by atoms with Crippen LogP contribution in [0.3, 0.4) is 0 Å². The Hall–Kier alpha value is -2.36. The van der Waals surface area contributed by atoms with Crippen LogP contribution in [-0.2, 0) is 0 Å². The summed E-state index contributed by atoms with van der Waals surface area (Å²) in [5.74, 6) is 0.640. The zero-order valence-electron chi connectivity index (χ0n) is 13.4. The van der Waals surface area contributed by atoms with Crippen LogP contribution in [0.15, 0.2) is 42.7 Å². The van der Waals surface area contributed by atoms with Crippen molar-refractivity contribution in [1.29, 1.82) is 5.26 Å². The maximum Gasteiger partial charge on any atom is 0.119 e. The Morgan fingerprint density at radius 3 is 2.70 bits per heavy atom. The molecule has 0 bridgehead atoms. The second-order valence-corrected chi connectivity index (χ2v) is 5.52. The molecule has 2 aromatic rings. The summed E-state index contributed by atoms with van der Waals surface area (Å²) in [6, 6.07) is 11.1. The third kappa shape index (κ3) is 5.09. The molecule has 0 amide bonds. The predicted octanol–water partition coefficient (Wildman–Crippen LogP) is 1.73. The quantitative estimate of drug-likeness (QED) is 0.775. The van der Waals surface area contributed by atoms with E-state index in [1.165, 1.54) is 0 Å². The van der Waals surface area contributed by atoms with Crippen molar-refractivity contribution in [3.05, 3.63) is 48.3 Å². The van der Waals surface area contributed by atoms with Gasteiger partial charge in [-0.05, 0) is 44.2 Å². The number of benzene rings is 1. The molecule has 23 heavy (non-hydrogen) atoms. The Morgan fingerprint density at radius 1 is 1.35 bits per heavy atom. The fourth-order valence-corrected chi connectivity index (χ4v) is 2.12. The van der Waals surface area contributed by atoms with Crippen LogP contribution in [0.5, 0.6) is 5.75 Å². The van der Waals surface area contributed by atoms with Gasteiger partial charge in [0.05, 0.1) is 17.7 Å². The number of nitriles is 1. The highest BCUT2D eigenvalue weighted by Gasteiger charge is 2.15. The number of aliphatic hydroxyl groups excluding tert-OH is 1. The van der Waals surface area contributed by atoms with E-state index >= 15 is 0 Å². The number of nitrogens with zero attached hydrogens (tertiary/aromatic N) is 3. The van der Waals surface area contributed by atoms with Gasteiger partial charge in [0.15, 0.2) is 0 Å². The third-order valence-corrected chi connectivity index (χ3v) is 3.77. The summed E-state index contributed by atoms with van der Waals surface area (Å²) in [5.41, 5.74) is 0.584. The molecular formula is C17H22N4O2. The van der Waals surface area contributed by atoms with Crippen LogP contribution < -0.4 is 10.1 Å². The minimum Gasteiger partial charge on any atom is -0.491 e. The molecule has 6 nitrogen and oxygen atoms in total. The van der Waals surface area contributed by atoms with Gasteiger partial charge in [0, 0.05) is 25.0 Å². The van der Waals surface area contributed by atoms with Crippen LogP contribution in [0, 0.1) is 11.3 Å². The van der Waals surface area contributed by atoms with E-state index in [9.17, 15) is 5.11 Å². The highest BCUT2D eigenvalue weighted by molar-refractivity contribution is 5.34. The van der Waals surface area contributed by atoms with Gasteiger partial charge in [-0.2, -0.15) is 10.4 Å². The molecule has 0 radical (unpaired) electrons. The molecule has 0 saturated heterocycles. The number of rotatable bonds is 8. The summed E-state index contributed by atoms with van der Waals surface area (Å²) in [6.45, 7) is 4.76. The van der Waals surface area contributed by atoms with Crippen LogP contribution in [0.1, 0.15) is 25.5 Å². The van der Waals surface area contributed by atoms with Crippen LogP contribution in [-0.4, -0.2) is 40.2 Å². The maximum atomic E-state index is 10.0. The first-order valence-electron chi connectivity index (χ1n) is 7.63. The molecule has 0 aliphatic carbocycles. The van der Waals surface area contributed by atoms with E-state index in [-0.39, 0.29) is 18.7 Å². The second-order valence-electron chi connectivity index (χ2n) is 5.52. The standard InChI is InChI=1S/C17H22N4O2/c1-13(14(2)21-9-3-8-20-21)19-11-16(22)12-23-17-6-4-15(10-18)5-7-17/h3-9,13-14,16,19,22H,11-12H2,1-2H3/t13-,14+,16-/m0/s1. The van der Waals surface area contributed by atoms with Crippen molar-refractivity contribution in [1.82, 2.24) is 15.1 Å². The lowest BCUT2D eigenvalue weighted by molar-refractivity contribution is 0.102. The summed E-state index contributed by atoms with van der Waals surface area (Å²) in [7, 11) is 0. The van der Waals surface area contributed by atoms with E-state index in [0.29, 0.717) is 17.9 Å². The highest BCUT2D eigenvalue weighted by Crippen LogP contribution is 2.12. The topological polar surface area (TPSA) is 83.1 Å². The lowest BCUT2D eigenvalue weighted by Crippen LogP contribution is -2.40. The zero-order chi connectivity index (χ0) is 16.7. The Labute approximate surface area is 136 Å². The van der Waals surface area contributed by atoms with E-state index in [0.717, 1.165) is 0 Å². The van der Waals surface area contributed by atoms with Gasteiger partial charge >= 0.3 is 0 Å². The third-order valence-electron chi connectivity index (χ3n) is 3.77. The van der Waals surface area contributed by atoms with Crippen molar-refractivity contribution in [3.63, 3.8) is 0 Å². The summed E-state index contributed by atoms with van der Waals surface area (Å²) in [4.78, 5) is 0. The first-order valence-corrected chi connectivity index (χ1v) is 7.63. The predicted molar refractivity (Wildman–Crippen MR) is 87.1 cm³/mol. The van der Waals surface area contributed by atoms with E-state index in [2.05, 4.69) is 30.3 Å². The number of hydrogen-bond acceptors (Lipinski definition) is 5. The molecule has 0 unspecified atom stereocenters. The molecule has 0 aliphatic rings. The van der Waals surface area contributed by atoms with Crippen molar-refractivity contribution in [2.45, 2.75) is 32.0 Å². The Morgan fingerprint density at radius 2 is 2.09 bits per heavy atom. The van der Waals surface area contributed by atoms with Gasteiger partial charge in [0.2, 0.25) is 0 Å². The molecule has 1 aromatic carbocycles. The van der Waals surface area contributed by atoms with E-state index in [4.69, 9.17) is 10.00 Å². The minimum atomic E-state index is -0.613. The van der Waals surface area contributed by atoms with Crippen LogP contribution in [0.2, 0.25) is 0 Å². The molecule has 0 saturated carbocycles. The van der Waals surface area contributed by atoms with Crippen LogP contribution in [0.4, 0.5) is 0 Å². The molecule has 3 atom stereocenters. The fourth-order valence-electron chi connectivity index (χ4n) is 2.12. The molecule has 1 heterocycles. The highest BCUT2D eigenvalue weighted by atomic mass is 16.5. The normalized spacial score (nSPS) is 14.7. The molecule has 6 heteroatoms. The molecule has 122 valence electrons.